The normalized spacial score (nSPS) is 11.7. The van der Waals surface area contributed by atoms with Crippen LogP contribution in [0.1, 0.15) is 0 Å². The van der Waals surface area contributed by atoms with Crippen molar-refractivity contribution in [3.8, 4) is 0 Å². The molecule has 0 fully saturated rings. The second kappa shape index (κ2) is 3.74. The standard InChI is InChI=1S/C6H4BrCl2NO2S/c7-3-1-2-4(8)6(5(3)9)13(10,11)12/h1-2H,(H2,10,11,12). The molecule has 2 N–H and O–H groups in total. The number of hydrogen-bond acceptors (Lipinski definition) is 2. The topological polar surface area (TPSA) is 60.2 Å². The fourth-order valence-corrected chi connectivity index (χ4v) is 2.95. The molecule has 3 nitrogen and oxygen atoms in total. The Morgan fingerprint density at radius 1 is 1.31 bits per heavy atom. The number of benzene rings is 1. The van der Waals surface area contributed by atoms with Gasteiger partial charge in [0.05, 0.1) is 10.0 Å². The van der Waals surface area contributed by atoms with Crippen LogP contribution in [-0.4, -0.2) is 8.42 Å². The van der Waals surface area contributed by atoms with Gasteiger partial charge in [0.25, 0.3) is 0 Å². The number of nitrogens with two attached hydrogens (primary N) is 1. The van der Waals surface area contributed by atoms with E-state index in [9.17, 15) is 8.42 Å². The molecule has 0 unspecified atom stereocenters. The minimum absolute atomic E-state index is 0.00463. The third-order valence-corrected chi connectivity index (χ3v) is 4.10. The first kappa shape index (κ1) is 11.3. The van der Waals surface area contributed by atoms with Crippen molar-refractivity contribution in [2.75, 3.05) is 0 Å². The average Bonchev–Trinajstić information content (AvgIpc) is 1.95. The molecule has 0 saturated heterocycles. The Hall–Kier alpha value is 0.190. The monoisotopic (exact) mass is 303 g/mol. The lowest BCUT2D eigenvalue weighted by atomic mass is 10.4. The highest BCUT2D eigenvalue weighted by atomic mass is 79.9. The summed E-state index contributed by atoms with van der Waals surface area (Å²) in [6.45, 7) is 0. The molecule has 1 rings (SSSR count). The highest BCUT2D eigenvalue weighted by Crippen LogP contribution is 2.34. The summed E-state index contributed by atoms with van der Waals surface area (Å²) < 4.78 is 22.5. The second-order valence-corrected chi connectivity index (χ2v) is 5.36. The fourth-order valence-electron chi connectivity index (χ4n) is 0.769. The van der Waals surface area contributed by atoms with Gasteiger partial charge in [0.15, 0.2) is 0 Å². The molecule has 0 radical (unpaired) electrons. The molecule has 0 aliphatic heterocycles. The Kier molecular flexibility index (Phi) is 3.24. The van der Waals surface area contributed by atoms with Gasteiger partial charge in [-0.3, -0.25) is 0 Å². The van der Waals surface area contributed by atoms with Gasteiger partial charge in [-0.1, -0.05) is 23.2 Å². The predicted octanol–water partition coefficient (Wildman–Crippen LogP) is 2.40. The predicted molar refractivity (Wildman–Crippen MR) is 55.5 cm³/mol. The van der Waals surface area contributed by atoms with E-state index in [1.165, 1.54) is 6.07 Å². The number of halogens is 3. The summed E-state index contributed by atoms with van der Waals surface area (Å²) in [6.07, 6.45) is 0. The van der Waals surface area contributed by atoms with E-state index in [-0.39, 0.29) is 14.9 Å². The maximum absolute atomic E-state index is 11.0. The van der Waals surface area contributed by atoms with Crippen molar-refractivity contribution in [1.82, 2.24) is 0 Å². The molecule has 0 spiro atoms. The minimum atomic E-state index is -3.88. The fraction of sp³-hybridized carbons (Fsp3) is 0. The molecule has 0 aliphatic rings. The summed E-state index contributed by atoms with van der Waals surface area (Å²) in [7, 11) is -3.88. The van der Waals surface area contributed by atoms with E-state index in [1.54, 1.807) is 6.07 Å². The van der Waals surface area contributed by atoms with Crippen molar-refractivity contribution in [2.24, 2.45) is 5.14 Å². The lowest BCUT2D eigenvalue weighted by molar-refractivity contribution is 0.598. The zero-order chi connectivity index (χ0) is 10.2. The molecule has 13 heavy (non-hydrogen) atoms. The van der Waals surface area contributed by atoms with E-state index in [2.05, 4.69) is 15.9 Å². The van der Waals surface area contributed by atoms with Gasteiger partial charge in [-0.2, -0.15) is 0 Å². The molecule has 0 atom stereocenters. The Morgan fingerprint density at radius 3 is 2.23 bits per heavy atom. The van der Waals surface area contributed by atoms with Crippen LogP contribution in [0.5, 0.6) is 0 Å². The van der Waals surface area contributed by atoms with E-state index >= 15 is 0 Å². The number of rotatable bonds is 1. The summed E-state index contributed by atoms with van der Waals surface area (Å²) in [5.74, 6) is 0. The van der Waals surface area contributed by atoms with Crippen molar-refractivity contribution in [3.63, 3.8) is 0 Å². The molecule has 0 aliphatic carbocycles. The molecule has 1 aromatic carbocycles. The van der Waals surface area contributed by atoms with E-state index < -0.39 is 10.0 Å². The van der Waals surface area contributed by atoms with Crippen molar-refractivity contribution in [1.29, 1.82) is 0 Å². The van der Waals surface area contributed by atoms with E-state index in [4.69, 9.17) is 28.3 Å². The molecule has 0 bridgehead atoms. The number of hydrogen-bond donors (Lipinski definition) is 1. The molecule has 7 heteroatoms. The SMILES string of the molecule is NS(=O)(=O)c1c(Cl)ccc(Br)c1Cl. The summed E-state index contributed by atoms with van der Waals surface area (Å²) in [5.41, 5.74) is 0. The molecule has 72 valence electrons. The molecule has 0 amide bonds. The van der Waals surface area contributed by atoms with Crippen LogP contribution in [0.25, 0.3) is 0 Å². The second-order valence-electron chi connectivity index (χ2n) is 2.22. The lowest BCUT2D eigenvalue weighted by Crippen LogP contribution is -2.13. The van der Waals surface area contributed by atoms with Crippen molar-refractivity contribution in [3.05, 3.63) is 26.7 Å². The first-order valence-corrected chi connectivity index (χ1v) is 6.10. The van der Waals surface area contributed by atoms with Crippen LogP contribution in [-0.2, 0) is 10.0 Å². The van der Waals surface area contributed by atoms with E-state index in [1.807, 2.05) is 0 Å². The Bertz CT molecular complexity index is 446. The van der Waals surface area contributed by atoms with Crippen molar-refractivity contribution >= 4 is 49.2 Å². The van der Waals surface area contributed by atoms with Crippen molar-refractivity contribution < 1.29 is 8.42 Å². The molecule has 0 saturated carbocycles. The Labute approximate surface area is 94.0 Å². The Morgan fingerprint density at radius 2 is 1.85 bits per heavy atom. The summed E-state index contributed by atoms with van der Waals surface area (Å²) in [5, 5.41) is 4.92. The third kappa shape index (κ3) is 2.35. The maximum atomic E-state index is 11.0. The zero-order valence-corrected chi connectivity index (χ0v) is 10.0. The van der Waals surface area contributed by atoms with Crippen LogP contribution in [0.2, 0.25) is 10.0 Å². The average molecular weight is 305 g/mol. The first-order valence-electron chi connectivity index (χ1n) is 3.00. The van der Waals surface area contributed by atoms with Gasteiger partial charge in [-0.25, -0.2) is 13.6 Å². The molecular weight excluding hydrogens is 301 g/mol. The summed E-state index contributed by atoms with van der Waals surface area (Å²) in [6, 6.07) is 2.94. The lowest BCUT2D eigenvalue weighted by Gasteiger charge is -2.05. The summed E-state index contributed by atoms with van der Waals surface area (Å²) >= 11 is 14.4. The molecule has 1 aromatic rings. The molecule has 0 heterocycles. The van der Waals surface area contributed by atoms with Gasteiger partial charge < -0.3 is 0 Å². The smallest absolute Gasteiger partial charge is 0.225 e. The third-order valence-electron chi connectivity index (χ3n) is 1.29. The highest BCUT2D eigenvalue weighted by molar-refractivity contribution is 9.10. The molecular formula is C6H4BrCl2NO2S. The summed E-state index contributed by atoms with van der Waals surface area (Å²) in [4.78, 5) is -0.259. The van der Waals surface area contributed by atoms with Crippen LogP contribution in [0.3, 0.4) is 0 Å². The largest absolute Gasteiger partial charge is 0.241 e. The van der Waals surface area contributed by atoms with Gasteiger partial charge in [0, 0.05) is 4.47 Å². The first-order chi connectivity index (χ1) is 5.84. The zero-order valence-electron chi connectivity index (χ0n) is 6.09. The van der Waals surface area contributed by atoms with Gasteiger partial charge in [-0.05, 0) is 28.1 Å². The quantitative estimate of drug-likeness (QED) is 0.810. The number of primary sulfonamides is 1. The molecule has 0 aromatic heterocycles. The van der Waals surface area contributed by atoms with Crippen LogP contribution >= 0.6 is 39.1 Å². The van der Waals surface area contributed by atoms with E-state index in [0.717, 1.165) is 0 Å². The van der Waals surface area contributed by atoms with Gasteiger partial charge in [-0.15, -0.1) is 0 Å². The highest BCUT2D eigenvalue weighted by Gasteiger charge is 2.19. The maximum Gasteiger partial charge on any atom is 0.241 e. The minimum Gasteiger partial charge on any atom is -0.225 e. The van der Waals surface area contributed by atoms with Crippen LogP contribution in [0, 0.1) is 0 Å². The Balaban J connectivity index is 3.62. The van der Waals surface area contributed by atoms with Crippen LogP contribution < -0.4 is 5.14 Å². The van der Waals surface area contributed by atoms with E-state index in [0.29, 0.717) is 4.47 Å². The van der Waals surface area contributed by atoms with Gasteiger partial charge in [0.2, 0.25) is 10.0 Å². The van der Waals surface area contributed by atoms with Gasteiger partial charge >= 0.3 is 0 Å². The van der Waals surface area contributed by atoms with Crippen molar-refractivity contribution in [2.45, 2.75) is 4.90 Å². The van der Waals surface area contributed by atoms with Crippen LogP contribution in [0.15, 0.2) is 21.5 Å². The number of sulfonamides is 1. The van der Waals surface area contributed by atoms with Crippen LogP contribution in [0.4, 0.5) is 0 Å². The van der Waals surface area contributed by atoms with Gasteiger partial charge in [0.1, 0.15) is 4.90 Å².